The zero-order valence-electron chi connectivity index (χ0n) is 14.9. The summed E-state index contributed by atoms with van der Waals surface area (Å²) in [6.45, 7) is 1.29. The predicted octanol–water partition coefficient (Wildman–Crippen LogP) is 3.05. The van der Waals surface area contributed by atoms with E-state index in [1.165, 1.54) is 0 Å². The fourth-order valence-corrected chi connectivity index (χ4v) is 2.98. The molecule has 2 aromatic rings. The van der Waals surface area contributed by atoms with E-state index in [4.69, 9.17) is 10.5 Å². The summed E-state index contributed by atoms with van der Waals surface area (Å²) in [4.78, 5) is 24.6. The van der Waals surface area contributed by atoms with Crippen LogP contribution in [0.4, 0.5) is 11.4 Å². The predicted molar refractivity (Wildman–Crippen MR) is 108 cm³/mol. The summed E-state index contributed by atoms with van der Waals surface area (Å²) in [6.07, 6.45) is 1.59. The van der Waals surface area contributed by atoms with Gasteiger partial charge in [0, 0.05) is 30.2 Å². The van der Waals surface area contributed by atoms with Gasteiger partial charge in [-0.15, -0.1) is 12.4 Å². The molecule has 0 bridgehead atoms. The number of carbonyl (C=O) groups excluding carboxylic acids is 2. The van der Waals surface area contributed by atoms with Crippen LogP contribution in [0.1, 0.15) is 23.2 Å². The summed E-state index contributed by atoms with van der Waals surface area (Å²) in [5.74, 6) is -0.291. The molecular weight excluding hydrogens is 366 g/mol. The molecule has 3 rings (SSSR count). The third-order valence-corrected chi connectivity index (χ3v) is 4.50. The van der Waals surface area contributed by atoms with Crippen LogP contribution in [0.5, 0.6) is 0 Å². The Morgan fingerprint density at radius 3 is 2.26 bits per heavy atom. The second-order valence-corrected chi connectivity index (χ2v) is 6.37. The van der Waals surface area contributed by atoms with E-state index in [2.05, 4.69) is 10.6 Å². The van der Waals surface area contributed by atoms with Gasteiger partial charge in [0.15, 0.2) is 0 Å². The topological polar surface area (TPSA) is 93.5 Å². The van der Waals surface area contributed by atoms with Crippen LogP contribution in [0, 0.1) is 5.92 Å². The number of hydrogen-bond donors (Lipinski definition) is 3. The molecule has 1 unspecified atom stereocenters. The molecule has 0 spiro atoms. The summed E-state index contributed by atoms with van der Waals surface area (Å²) >= 11 is 0. The highest BCUT2D eigenvalue weighted by atomic mass is 35.5. The SMILES string of the molecule is Cl.NC(C(=O)Nc1cccc(NC(=O)c2ccccc2)c1)C1CCOCC1. The van der Waals surface area contributed by atoms with Gasteiger partial charge in [-0.2, -0.15) is 0 Å². The average molecular weight is 390 g/mol. The molecule has 0 radical (unpaired) electrons. The lowest BCUT2D eigenvalue weighted by Crippen LogP contribution is -2.44. The van der Waals surface area contributed by atoms with E-state index in [9.17, 15) is 9.59 Å². The lowest BCUT2D eigenvalue weighted by Gasteiger charge is -2.26. The summed E-state index contributed by atoms with van der Waals surface area (Å²) in [7, 11) is 0. The Labute approximate surface area is 164 Å². The third kappa shape index (κ3) is 5.79. The second-order valence-electron chi connectivity index (χ2n) is 6.37. The molecule has 4 N–H and O–H groups in total. The van der Waals surface area contributed by atoms with Crippen molar-refractivity contribution in [2.45, 2.75) is 18.9 Å². The van der Waals surface area contributed by atoms with Crippen LogP contribution in [-0.2, 0) is 9.53 Å². The molecule has 2 amide bonds. The van der Waals surface area contributed by atoms with Gasteiger partial charge in [-0.25, -0.2) is 0 Å². The fraction of sp³-hybridized carbons (Fsp3) is 0.300. The standard InChI is InChI=1S/C20H23N3O3.ClH/c21-18(14-9-11-26-12-10-14)20(25)23-17-8-4-7-16(13-17)22-19(24)15-5-2-1-3-6-15;/h1-8,13-14,18H,9-12,21H2,(H,22,24)(H,23,25);1H. The van der Waals surface area contributed by atoms with E-state index in [-0.39, 0.29) is 30.1 Å². The third-order valence-electron chi connectivity index (χ3n) is 4.50. The van der Waals surface area contributed by atoms with Crippen molar-refractivity contribution in [2.75, 3.05) is 23.8 Å². The van der Waals surface area contributed by atoms with Gasteiger partial charge < -0.3 is 21.1 Å². The second kappa shape index (κ2) is 10.1. The van der Waals surface area contributed by atoms with Crippen molar-refractivity contribution >= 4 is 35.6 Å². The normalized spacial score (nSPS) is 15.3. The van der Waals surface area contributed by atoms with Crippen LogP contribution in [0.15, 0.2) is 54.6 Å². The summed E-state index contributed by atoms with van der Waals surface area (Å²) in [5, 5.41) is 5.66. The van der Waals surface area contributed by atoms with Gasteiger partial charge in [-0.05, 0) is 49.1 Å². The minimum atomic E-state index is -0.568. The minimum absolute atomic E-state index is 0. The zero-order chi connectivity index (χ0) is 18.4. The molecule has 0 saturated carbocycles. The Bertz CT molecular complexity index is 764. The molecule has 1 heterocycles. The van der Waals surface area contributed by atoms with Crippen molar-refractivity contribution in [3.05, 3.63) is 60.2 Å². The maximum atomic E-state index is 12.4. The van der Waals surface area contributed by atoms with Gasteiger partial charge in [0.1, 0.15) is 0 Å². The monoisotopic (exact) mass is 389 g/mol. The summed E-state index contributed by atoms with van der Waals surface area (Å²) in [5.41, 5.74) is 7.88. The van der Waals surface area contributed by atoms with Crippen LogP contribution in [0.3, 0.4) is 0 Å². The Morgan fingerprint density at radius 1 is 0.963 bits per heavy atom. The van der Waals surface area contributed by atoms with E-state index in [1.807, 2.05) is 18.2 Å². The highest BCUT2D eigenvalue weighted by Crippen LogP contribution is 2.20. The molecule has 27 heavy (non-hydrogen) atoms. The van der Waals surface area contributed by atoms with Gasteiger partial charge in [0.2, 0.25) is 5.91 Å². The molecule has 1 aliphatic heterocycles. The Kier molecular flexibility index (Phi) is 7.79. The molecule has 144 valence electrons. The van der Waals surface area contributed by atoms with Gasteiger partial charge in [0.05, 0.1) is 6.04 Å². The fourth-order valence-electron chi connectivity index (χ4n) is 2.98. The first-order chi connectivity index (χ1) is 12.6. The van der Waals surface area contributed by atoms with Crippen LogP contribution < -0.4 is 16.4 Å². The lowest BCUT2D eigenvalue weighted by molar-refractivity contribution is -0.119. The van der Waals surface area contributed by atoms with Crippen molar-refractivity contribution in [1.29, 1.82) is 0 Å². The largest absolute Gasteiger partial charge is 0.381 e. The molecule has 1 atom stereocenters. The minimum Gasteiger partial charge on any atom is -0.381 e. The molecule has 0 aliphatic carbocycles. The quantitative estimate of drug-likeness (QED) is 0.732. The molecule has 1 aliphatic rings. The van der Waals surface area contributed by atoms with Gasteiger partial charge in [-0.3, -0.25) is 9.59 Å². The number of nitrogens with two attached hydrogens (primary N) is 1. The van der Waals surface area contributed by atoms with Crippen LogP contribution in [0.25, 0.3) is 0 Å². The van der Waals surface area contributed by atoms with Crippen molar-refractivity contribution in [2.24, 2.45) is 11.7 Å². The first-order valence-electron chi connectivity index (χ1n) is 8.74. The number of hydrogen-bond acceptors (Lipinski definition) is 4. The number of amides is 2. The highest BCUT2D eigenvalue weighted by molar-refractivity contribution is 6.04. The number of carbonyl (C=O) groups is 2. The maximum Gasteiger partial charge on any atom is 0.255 e. The van der Waals surface area contributed by atoms with E-state index < -0.39 is 6.04 Å². The average Bonchev–Trinajstić information content (AvgIpc) is 2.69. The molecule has 7 heteroatoms. The van der Waals surface area contributed by atoms with Gasteiger partial charge in [-0.1, -0.05) is 24.3 Å². The van der Waals surface area contributed by atoms with Crippen molar-refractivity contribution in [1.82, 2.24) is 0 Å². The first kappa shape index (κ1) is 20.9. The number of nitrogens with one attached hydrogen (secondary N) is 2. The van der Waals surface area contributed by atoms with Gasteiger partial charge in [0.25, 0.3) is 5.91 Å². The van der Waals surface area contributed by atoms with Gasteiger partial charge >= 0.3 is 0 Å². The molecular formula is C20H24ClN3O3. The Balaban J connectivity index is 0.00000261. The van der Waals surface area contributed by atoms with Crippen molar-refractivity contribution in [3.8, 4) is 0 Å². The number of anilines is 2. The zero-order valence-corrected chi connectivity index (χ0v) is 15.7. The van der Waals surface area contributed by atoms with E-state index in [1.54, 1.807) is 36.4 Å². The van der Waals surface area contributed by atoms with Crippen molar-refractivity contribution in [3.63, 3.8) is 0 Å². The molecule has 2 aromatic carbocycles. The molecule has 1 fully saturated rings. The molecule has 0 aromatic heterocycles. The first-order valence-corrected chi connectivity index (χ1v) is 8.74. The number of ether oxygens (including phenoxy) is 1. The number of benzene rings is 2. The van der Waals surface area contributed by atoms with Crippen LogP contribution >= 0.6 is 12.4 Å². The van der Waals surface area contributed by atoms with E-state index in [0.29, 0.717) is 30.2 Å². The molecule has 6 nitrogen and oxygen atoms in total. The molecule has 1 saturated heterocycles. The maximum absolute atomic E-state index is 12.4. The number of halogens is 1. The Morgan fingerprint density at radius 2 is 1.59 bits per heavy atom. The Hall–Kier alpha value is -2.41. The van der Waals surface area contributed by atoms with Crippen LogP contribution in [-0.4, -0.2) is 31.1 Å². The van der Waals surface area contributed by atoms with E-state index >= 15 is 0 Å². The summed E-state index contributed by atoms with van der Waals surface area (Å²) < 4.78 is 5.31. The van der Waals surface area contributed by atoms with Crippen LogP contribution in [0.2, 0.25) is 0 Å². The number of rotatable bonds is 5. The van der Waals surface area contributed by atoms with E-state index in [0.717, 1.165) is 12.8 Å². The smallest absolute Gasteiger partial charge is 0.255 e. The lowest BCUT2D eigenvalue weighted by atomic mass is 9.92. The van der Waals surface area contributed by atoms with Crippen molar-refractivity contribution < 1.29 is 14.3 Å². The summed E-state index contributed by atoms with van der Waals surface area (Å²) in [6, 6.07) is 15.4. The highest BCUT2D eigenvalue weighted by Gasteiger charge is 2.26.